The Morgan fingerprint density at radius 1 is 0.776 bits per heavy atom. The molecule has 0 aliphatic heterocycles. The van der Waals surface area contributed by atoms with Crippen molar-refractivity contribution >= 4 is 32.8 Å². The third-order valence-electron chi connectivity index (χ3n) is 10.1. The summed E-state index contributed by atoms with van der Waals surface area (Å²) in [7, 11) is 2.15. The molecular weight excluding hydrogens is 784 g/mol. The molecule has 6 heteroatoms. The summed E-state index contributed by atoms with van der Waals surface area (Å²) in [6.45, 7) is 13.5. The van der Waals surface area contributed by atoms with Gasteiger partial charge in [0.2, 0.25) is 0 Å². The molecule has 49 heavy (non-hydrogen) atoms. The average Bonchev–Trinajstić information content (AvgIpc) is 3.53. The molecule has 5 nitrogen and oxygen atoms in total. The van der Waals surface area contributed by atoms with Gasteiger partial charge in [0.05, 0.1) is 0 Å². The molecular formula is C43H42N4OPt-2. The third-order valence-corrected chi connectivity index (χ3v) is 11.4. The van der Waals surface area contributed by atoms with Crippen molar-refractivity contribution in [1.29, 1.82) is 0 Å². The second kappa shape index (κ2) is 11.7. The van der Waals surface area contributed by atoms with Gasteiger partial charge < -0.3 is 0 Å². The normalized spacial score (nSPS) is 15.3. The molecule has 8 rings (SSSR count). The Labute approximate surface area is 299 Å². The number of fused-ring (bicyclic) bond motifs is 5. The van der Waals surface area contributed by atoms with Crippen molar-refractivity contribution in [2.24, 2.45) is 7.05 Å². The molecule has 0 bridgehead atoms. The minimum atomic E-state index is -0.00356. The number of aromatic nitrogens is 4. The van der Waals surface area contributed by atoms with E-state index in [0.717, 1.165) is 41.5 Å². The molecule has 0 saturated heterocycles. The van der Waals surface area contributed by atoms with E-state index in [1.54, 1.807) is 0 Å². The summed E-state index contributed by atoms with van der Waals surface area (Å²) in [4.78, 5) is 4.89. The van der Waals surface area contributed by atoms with Crippen LogP contribution in [0.4, 0.5) is 0 Å². The Bertz CT molecular complexity index is 2470. The standard InChI is InChI=1S/C43H42N4O.Pt/c1-42(2,3)29-16-20-37-35(23-29)33-19-18-32(26-40(33)47(37)41-24-30(21-22-44-41)43(4,5)6)48-31-17-15-28-11-10-14-36(34(28)25-31)46-27-45(7)38-12-8-9-13-39(38)46;/h8-9,12-13,15-24,36H,10-11,14H2,1-7H3;/q-2;. The topological polar surface area (TPSA) is 36.9 Å². The van der Waals surface area contributed by atoms with Crippen molar-refractivity contribution in [2.75, 3.05) is 0 Å². The fraction of sp³-hybridized carbons (Fsp3) is 0.302. The zero-order valence-corrected chi connectivity index (χ0v) is 31.6. The van der Waals surface area contributed by atoms with Gasteiger partial charge in [0, 0.05) is 6.20 Å². The van der Waals surface area contributed by atoms with Crippen LogP contribution < -0.4 is 4.74 Å². The van der Waals surface area contributed by atoms with E-state index in [9.17, 15) is 0 Å². The van der Waals surface area contributed by atoms with Crippen molar-refractivity contribution in [2.45, 2.75) is 77.7 Å². The van der Waals surface area contributed by atoms with Gasteiger partial charge in [0.15, 0.2) is 0 Å². The molecule has 0 N–H and O–H groups in total. The molecule has 3 heterocycles. The molecule has 4 aromatic carbocycles. The summed E-state index contributed by atoms with van der Waals surface area (Å²) in [6, 6.07) is 35.9. The Kier molecular flexibility index (Phi) is 7.64. The Morgan fingerprint density at radius 2 is 1.49 bits per heavy atom. The summed E-state index contributed by atoms with van der Waals surface area (Å²) in [5.74, 6) is 2.26. The number of hydrogen-bond donors (Lipinski definition) is 0. The Balaban J connectivity index is 1.25. The van der Waals surface area contributed by atoms with Crippen LogP contribution in [0.25, 0.3) is 38.7 Å². The Morgan fingerprint density at radius 3 is 2.27 bits per heavy atom. The number of nitrogens with zero attached hydrogens (tertiary/aromatic N) is 4. The van der Waals surface area contributed by atoms with Crippen LogP contribution in [0.3, 0.4) is 0 Å². The predicted octanol–water partition coefficient (Wildman–Crippen LogP) is 10.5. The van der Waals surface area contributed by atoms with Gasteiger partial charge in [-0.3, -0.25) is 0 Å². The van der Waals surface area contributed by atoms with Gasteiger partial charge in [-0.25, -0.2) is 4.98 Å². The number of rotatable bonds is 4. The summed E-state index contributed by atoms with van der Waals surface area (Å²) < 4.78 is 14.9. The van der Waals surface area contributed by atoms with Crippen molar-refractivity contribution in [3.63, 3.8) is 0 Å². The maximum absolute atomic E-state index is 6.64. The van der Waals surface area contributed by atoms with E-state index in [4.69, 9.17) is 9.72 Å². The van der Waals surface area contributed by atoms with E-state index in [0.29, 0.717) is 11.5 Å². The van der Waals surface area contributed by atoms with Gasteiger partial charge in [-0.1, -0.05) is 53.7 Å². The molecule has 0 radical (unpaired) electrons. The maximum atomic E-state index is 6.64. The number of benzene rings is 4. The molecule has 0 amide bonds. The van der Waals surface area contributed by atoms with Crippen LogP contribution in [0.2, 0.25) is 0 Å². The number of hydrogen-bond acceptors (Lipinski definition) is 2. The second-order valence-electron chi connectivity index (χ2n) is 15.5. The van der Waals surface area contributed by atoms with E-state index in [-0.39, 0.29) is 16.9 Å². The molecule has 0 spiro atoms. The van der Waals surface area contributed by atoms with Crippen LogP contribution in [0.15, 0.2) is 85.1 Å². The predicted molar refractivity (Wildman–Crippen MR) is 195 cm³/mol. The summed E-state index contributed by atoms with van der Waals surface area (Å²) in [5, 5.41) is 2.33. The van der Waals surface area contributed by atoms with E-state index in [1.807, 2.05) is 12.3 Å². The third kappa shape index (κ3) is 5.51. The minimum absolute atomic E-state index is 0.00356. The van der Waals surface area contributed by atoms with E-state index >= 15 is 0 Å². The van der Waals surface area contributed by atoms with Crippen LogP contribution in [0.5, 0.6) is 11.5 Å². The fourth-order valence-corrected chi connectivity index (χ4v) is 8.28. The van der Waals surface area contributed by atoms with Crippen LogP contribution in [0, 0.1) is 15.9 Å². The van der Waals surface area contributed by atoms with Crippen LogP contribution in [-0.4, -0.2) is 18.7 Å². The molecule has 1 unspecified atom stereocenters. The number of imidazole rings is 1. The van der Waals surface area contributed by atoms with Gasteiger partial charge in [0.25, 0.3) is 0 Å². The first kappa shape index (κ1) is 32.0. The number of aryl methyl sites for hydroxylation is 2. The Hall–Kier alpha value is -4.21. The van der Waals surface area contributed by atoms with Gasteiger partial charge >= 0.3 is 196 Å². The number of para-hydroxylation sites is 2. The SMILES string of the molecule is Cn1[c](=[Pt])n(C2CCCc3ccc(Oc4[c-]c5c(cc4)c4cc(C(C)(C)C)ccc4n5-c4cc(C(C)(C)C)ccn4)[c-]c32)c2ccccc21. The summed E-state index contributed by atoms with van der Waals surface area (Å²) in [6.07, 6.45) is 5.19. The molecule has 0 fully saturated rings. The summed E-state index contributed by atoms with van der Waals surface area (Å²) >= 11 is 2.47. The first-order valence-corrected chi connectivity index (χ1v) is 18.3. The zero-order chi connectivity index (χ0) is 34.2. The molecule has 252 valence electrons. The van der Waals surface area contributed by atoms with Crippen LogP contribution >= 0.6 is 0 Å². The molecule has 1 aliphatic carbocycles. The van der Waals surface area contributed by atoms with Gasteiger partial charge in [-0.05, 0) is 40.2 Å². The molecule has 7 aromatic rings. The van der Waals surface area contributed by atoms with E-state index < -0.39 is 0 Å². The fourth-order valence-electron chi connectivity index (χ4n) is 7.38. The van der Waals surface area contributed by atoms with Crippen molar-refractivity contribution in [1.82, 2.24) is 18.7 Å². The van der Waals surface area contributed by atoms with Gasteiger partial charge in [0.1, 0.15) is 0 Å². The van der Waals surface area contributed by atoms with Crippen molar-refractivity contribution < 1.29 is 24.1 Å². The zero-order valence-electron chi connectivity index (χ0n) is 29.3. The van der Waals surface area contributed by atoms with Crippen LogP contribution in [-0.2, 0) is 43.7 Å². The number of ether oxygens (including phenoxy) is 1. The first-order valence-electron chi connectivity index (χ1n) is 17.2. The van der Waals surface area contributed by atoms with Gasteiger partial charge in [-0.2, -0.15) is 0 Å². The van der Waals surface area contributed by atoms with E-state index in [2.05, 4.69) is 167 Å². The van der Waals surface area contributed by atoms with Crippen molar-refractivity contribution in [3.8, 4) is 17.3 Å². The molecule has 3 aromatic heterocycles. The average molecular weight is 826 g/mol. The molecule has 1 atom stereocenters. The monoisotopic (exact) mass is 825 g/mol. The molecule has 0 saturated carbocycles. The first-order chi connectivity index (χ1) is 23.4. The van der Waals surface area contributed by atoms with Crippen molar-refractivity contribution in [3.05, 3.63) is 123 Å². The quantitative estimate of drug-likeness (QED) is 0.166. The number of pyridine rings is 1. The molecule has 1 aliphatic rings. The summed E-state index contributed by atoms with van der Waals surface area (Å²) in [5.41, 5.74) is 9.68. The van der Waals surface area contributed by atoms with Gasteiger partial charge in [-0.15, -0.1) is 0 Å². The van der Waals surface area contributed by atoms with E-state index in [1.165, 1.54) is 42.5 Å². The van der Waals surface area contributed by atoms with Crippen LogP contribution in [0.1, 0.15) is 82.7 Å². The second-order valence-corrected chi connectivity index (χ2v) is 16.5.